The average molecular weight is 420 g/mol. The van der Waals surface area contributed by atoms with Crippen LogP contribution in [0.2, 0.25) is 0 Å². The SMILES string of the molecule is Cc1ccc2c(=O)c3cc4c(cc3[nH]c2c1C)c(=O)c1ccccc1n4S(=O)(=O)O. The number of aromatic amines is 1. The molecule has 0 aliphatic heterocycles. The van der Waals surface area contributed by atoms with Gasteiger partial charge in [-0.1, -0.05) is 18.2 Å². The lowest BCUT2D eigenvalue weighted by atomic mass is 10.0. The van der Waals surface area contributed by atoms with Crippen LogP contribution in [0, 0.1) is 13.8 Å². The van der Waals surface area contributed by atoms with Crippen molar-refractivity contribution in [3.05, 3.63) is 80.1 Å². The molecule has 0 spiro atoms. The number of nitrogens with one attached hydrogen (secondary N) is 1. The minimum absolute atomic E-state index is 0.0422. The van der Waals surface area contributed by atoms with Crippen LogP contribution in [0.25, 0.3) is 43.6 Å². The maximum Gasteiger partial charge on any atom is 0.364 e. The monoisotopic (exact) mass is 420 g/mol. The van der Waals surface area contributed by atoms with E-state index < -0.39 is 10.3 Å². The normalized spacial score (nSPS) is 12.4. The van der Waals surface area contributed by atoms with Gasteiger partial charge in [0.15, 0.2) is 10.9 Å². The van der Waals surface area contributed by atoms with Gasteiger partial charge in [-0.05, 0) is 55.3 Å². The second kappa shape index (κ2) is 6.01. The molecule has 0 aliphatic rings. The highest BCUT2D eigenvalue weighted by molar-refractivity contribution is 7.84. The van der Waals surface area contributed by atoms with E-state index in [0.717, 1.165) is 11.1 Å². The highest BCUT2D eigenvalue weighted by Crippen LogP contribution is 2.26. The zero-order valence-electron chi connectivity index (χ0n) is 16.1. The summed E-state index contributed by atoms with van der Waals surface area (Å²) in [6.07, 6.45) is 0. The Hall–Kier alpha value is -3.49. The van der Waals surface area contributed by atoms with Gasteiger partial charge in [-0.25, -0.2) is 3.97 Å². The Kier molecular flexibility index (Phi) is 3.71. The Morgan fingerprint density at radius 3 is 2.27 bits per heavy atom. The number of H-pyrrole nitrogens is 1. The van der Waals surface area contributed by atoms with Crippen molar-refractivity contribution >= 4 is 53.9 Å². The molecule has 3 aromatic carbocycles. The van der Waals surface area contributed by atoms with Gasteiger partial charge in [-0.2, -0.15) is 8.42 Å². The number of fused-ring (bicyclic) bond motifs is 4. The summed E-state index contributed by atoms with van der Waals surface area (Å²) in [5, 5.41) is 0.924. The molecule has 8 heteroatoms. The first-order chi connectivity index (χ1) is 14.2. The number of benzene rings is 3. The van der Waals surface area contributed by atoms with Crippen LogP contribution in [0.15, 0.2) is 58.1 Å². The van der Waals surface area contributed by atoms with Crippen molar-refractivity contribution in [2.75, 3.05) is 0 Å². The summed E-state index contributed by atoms with van der Waals surface area (Å²) in [7, 11) is -4.74. The topological polar surface area (TPSA) is 109 Å². The highest BCUT2D eigenvalue weighted by atomic mass is 32.2. The van der Waals surface area contributed by atoms with E-state index in [1.54, 1.807) is 18.2 Å². The number of hydrogen-bond acceptors (Lipinski definition) is 4. The second-order valence-electron chi connectivity index (χ2n) is 7.39. The summed E-state index contributed by atoms with van der Waals surface area (Å²) in [6, 6.07) is 12.5. The summed E-state index contributed by atoms with van der Waals surface area (Å²) in [6.45, 7) is 3.84. The molecular weight excluding hydrogens is 404 g/mol. The first-order valence-corrected chi connectivity index (χ1v) is 10.6. The van der Waals surface area contributed by atoms with Gasteiger partial charge < -0.3 is 4.98 Å². The minimum atomic E-state index is -4.74. The van der Waals surface area contributed by atoms with E-state index in [1.165, 1.54) is 24.3 Å². The molecule has 2 N–H and O–H groups in total. The van der Waals surface area contributed by atoms with Crippen LogP contribution in [0.3, 0.4) is 0 Å². The predicted octanol–water partition coefficient (Wildman–Crippen LogP) is 3.42. The number of aryl methyl sites for hydroxylation is 2. The summed E-state index contributed by atoms with van der Waals surface area (Å²) in [4.78, 5) is 29.5. The van der Waals surface area contributed by atoms with Crippen molar-refractivity contribution in [3.63, 3.8) is 0 Å². The lowest BCUT2D eigenvalue weighted by Gasteiger charge is -2.13. The maximum atomic E-state index is 13.2. The molecular formula is C22H16N2O5S. The van der Waals surface area contributed by atoms with Crippen molar-refractivity contribution < 1.29 is 13.0 Å². The van der Waals surface area contributed by atoms with Gasteiger partial charge in [0.1, 0.15) is 0 Å². The fraction of sp³-hybridized carbons (Fsp3) is 0.0909. The van der Waals surface area contributed by atoms with Gasteiger partial charge in [0.05, 0.1) is 22.1 Å². The fourth-order valence-corrected chi connectivity index (χ4v) is 4.85. The molecule has 0 unspecified atom stereocenters. The van der Waals surface area contributed by atoms with E-state index in [0.29, 0.717) is 20.4 Å². The lowest BCUT2D eigenvalue weighted by Crippen LogP contribution is -2.18. The Morgan fingerprint density at radius 2 is 1.53 bits per heavy atom. The van der Waals surface area contributed by atoms with Gasteiger partial charge in [0.25, 0.3) is 0 Å². The zero-order valence-corrected chi connectivity index (χ0v) is 16.9. The standard InChI is InChI=1S/C22H16N2O5S/c1-11-7-8-14-20(12(11)2)23-17-9-16-19(10-15(17)22(14)26)24(30(27,28)29)18-6-4-3-5-13(18)21(16)25/h3-10H,1-2H3,(H,23,26)(H,27,28,29). The van der Waals surface area contributed by atoms with Crippen molar-refractivity contribution in [2.24, 2.45) is 0 Å². The van der Waals surface area contributed by atoms with Crippen molar-refractivity contribution in [1.82, 2.24) is 8.96 Å². The zero-order chi connectivity index (χ0) is 21.4. The summed E-state index contributed by atoms with van der Waals surface area (Å²) in [5.41, 5.74) is 2.34. The number of aromatic nitrogens is 2. The van der Waals surface area contributed by atoms with Crippen LogP contribution in [0.1, 0.15) is 11.1 Å². The van der Waals surface area contributed by atoms with E-state index in [2.05, 4.69) is 4.98 Å². The first-order valence-electron chi connectivity index (χ1n) is 9.20. The van der Waals surface area contributed by atoms with E-state index >= 15 is 0 Å². The van der Waals surface area contributed by atoms with Crippen molar-refractivity contribution in [3.8, 4) is 0 Å². The number of para-hydroxylation sites is 1. The van der Waals surface area contributed by atoms with Crippen LogP contribution in [0.4, 0.5) is 0 Å². The second-order valence-corrected chi connectivity index (χ2v) is 8.65. The van der Waals surface area contributed by atoms with E-state index in [9.17, 15) is 22.6 Å². The van der Waals surface area contributed by atoms with Crippen LogP contribution in [0.5, 0.6) is 0 Å². The number of hydrogen-bond donors (Lipinski definition) is 2. The molecule has 5 aromatic rings. The molecule has 0 saturated carbocycles. The Labute approximate surface area is 170 Å². The third kappa shape index (κ3) is 2.44. The number of nitrogens with zero attached hydrogens (tertiary/aromatic N) is 1. The third-order valence-corrected chi connectivity index (χ3v) is 6.54. The van der Waals surface area contributed by atoms with Gasteiger partial charge in [-0.15, -0.1) is 0 Å². The molecule has 5 rings (SSSR count). The molecule has 0 fully saturated rings. The third-order valence-electron chi connectivity index (χ3n) is 5.68. The van der Waals surface area contributed by atoms with Crippen LogP contribution in [-0.2, 0) is 10.3 Å². The predicted molar refractivity (Wildman–Crippen MR) is 118 cm³/mol. The summed E-state index contributed by atoms with van der Waals surface area (Å²) in [5.74, 6) is 0. The van der Waals surface area contributed by atoms with Crippen molar-refractivity contribution in [1.29, 1.82) is 0 Å². The Morgan fingerprint density at radius 1 is 0.833 bits per heavy atom. The van der Waals surface area contributed by atoms with E-state index in [4.69, 9.17) is 0 Å². The molecule has 2 aromatic heterocycles. The molecule has 150 valence electrons. The van der Waals surface area contributed by atoms with Crippen LogP contribution >= 0.6 is 0 Å². The first kappa shape index (κ1) is 18.5. The lowest BCUT2D eigenvalue weighted by molar-refractivity contribution is 0.476. The smallest absolute Gasteiger partial charge is 0.354 e. The molecule has 30 heavy (non-hydrogen) atoms. The Bertz CT molecular complexity index is 1780. The number of pyridine rings is 2. The van der Waals surface area contributed by atoms with Crippen LogP contribution in [-0.4, -0.2) is 21.9 Å². The Balaban J connectivity index is 2.12. The summed E-state index contributed by atoms with van der Waals surface area (Å²) < 4.78 is 35.0. The van der Waals surface area contributed by atoms with Gasteiger partial charge in [0.2, 0.25) is 0 Å². The minimum Gasteiger partial charge on any atom is -0.354 e. The molecule has 0 radical (unpaired) electrons. The molecule has 0 atom stereocenters. The number of rotatable bonds is 1. The molecule has 0 aliphatic carbocycles. The fourth-order valence-electron chi connectivity index (χ4n) is 4.04. The molecule has 2 heterocycles. The molecule has 7 nitrogen and oxygen atoms in total. The molecule has 0 saturated heterocycles. The maximum absolute atomic E-state index is 13.2. The largest absolute Gasteiger partial charge is 0.364 e. The van der Waals surface area contributed by atoms with E-state index in [-0.39, 0.29) is 38.0 Å². The summed E-state index contributed by atoms with van der Waals surface area (Å²) >= 11 is 0. The molecule has 0 bridgehead atoms. The quantitative estimate of drug-likeness (QED) is 0.319. The van der Waals surface area contributed by atoms with E-state index in [1.807, 2.05) is 19.9 Å². The van der Waals surface area contributed by atoms with Gasteiger partial charge in [-0.3, -0.25) is 14.1 Å². The van der Waals surface area contributed by atoms with Gasteiger partial charge >= 0.3 is 10.3 Å². The molecule has 0 amide bonds. The average Bonchev–Trinajstić information content (AvgIpc) is 2.70. The van der Waals surface area contributed by atoms with Gasteiger partial charge in [0, 0.05) is 21.5 Å². The van der Waals surface area contributed by atoms with Crippen molar-refractivity contribution in [2.45, 2.75) is 13.8 Å². The van der Waals surface area contributed by atoms with Crippen LogP contribution < -0.4 is 10.9 Å². The highest BCUT2D eigenvalue weighted by Gasteiger charge is 2.20.